The largest absolute Gasteiger partial charge is 0.396 e. The summed E-state index contributed by atoms with van der Waals surface area (Å²) in [6.45, 7) is 5.21. The van der Waals surface area contributed by atoms with E-state index in [1.807, 2.05) is 6.92 Å². The van der Waals surface area contributed by atoms with E-state index < -0.39 is 0 Å². The lowest BCUT2D eigenvalue weighted by Crippen LogP contribution is -2.14. The lowest BCUT2D eigenvalue weighted by atomic mass is 10.1. The van der Waals surface area contributed by atoms with Gasteiger partial charge >= 0.3 is 0 Å². The predicted octanol–water partition coefficient (Wildman–Crippen LogP) is 2.35. The first-order valence-electron chi connectivity index (χ1n) is 5.07. The molecule has 0 heterocycles. The van der Waals surface area contributed by atoms with E-state index in [1.54, 1.807) is 0 Å². The van der Waals surface area contributed by atoms with Crippen LogP contribution in [0.1, 0.15) is 46.0 Å². The monoisotopic (exact) mass is 174 g/mol. The Morgan fingerprint density at radius 3 is 2.42 bits per heavy atom. The molecule has 2 nitrogen and oxygen atoms in total. The Morgan fingerprint density at radius 2 is 1.92 bits per heavy atom. The van der Waals surface area contributed by atoms with Gasteiger partial charge in [0.05, 0.1) is 6.10 Å². The summed E-state index contributed by atoms with van der Waals surface area (Å²) in [6.07, 6.45) is 5.92. The molecule has 74 valence electrons. The first-order chi connectivity index (χ1) is 5.85. The number of rotatable bonds is 8. The van der Waals surface area contributed by atoms with E-state index in [0.717, 1.165) is 19.4 Å². The number of aliphatic hydroxyl groups is 1. The maximum absolute atomic E-state index is 8.74. The second-order valence-electron chi connectivity index (χ2n) is 3.09. The minimum Gasteiger partial charge on any atom is -0.396 e. The number of hydrogen-bond acceptors (Lipinski definition) is 2. The molecular formula is C10H22O2. The zero-order chi connectivity index (χ0) is 9.23. The van der Waals surface area contributed by atoms with E-state index in [1.165, 1.54) is 19.3 Å². The average molecular weight is 174 g/mol. The van der Waals surface area contributed by atoms with Crippen molar-refractivity contribution in [2.45, 2.75) is 52.1 Å². The average Bonchev–Trinajstić information content (AvgIpc) is 2.06. The molecule has 0 aromatic heterocycles. The Bertz CT molecular complexity index is 77.9. The van der Waals surface area contributed by atoms with Crippen LogP contribution in [0.25, 0.3) is 0 Å². The van der Waals surface area contributed by atoms with Crippen molar-refractivity contribution in [3.63, 3.8) is 0 Å². The summed E-state index contributed by atoms with van der Waals surface area (Å²) in [5.74, 6) is 0. The fourth-order valence-corrected chi connectivity index (χ4v) is 1.31. The fourth-order valence-electron chi connectivity index (χ4n) is 1.31. The molecule has 0 amide bonds. The maximum Gasteiger partial charge on any atom is 0.0596 e. The minimum absolute atomic E-state index is 0.247. The van der Waals surface area contributed by atoms with Crippen LogP contribution in [-0.2, 0) is 4.74 Å². The van der Waals surface area contributed by atoms with Gasteiger partial charge in [0.15, 0.2) is 0 Å². The van der Waals surface area contributed by atoms with E-state index in [-0.39, 0.29) is 12.7 Å². The highest BCUT2D eigenvalue weighted by Crippen LogP contribution is 2.09. The summed E-state index contributed by atoms with van der Waals surface area (Å²) in [6, 6.07) is 0. The topological polar surface area (TPSA) is 29.5 Å². The van der Waals surface area contributed by atoms with Gasteiger partial charge in [-0.3, -0.25) is 0 Å². The van der Waals surface area contributed by atoms with Gasteiger partial charge in [-0.25, -0.2) is 0 Å². The van der Waals surface area contributed by atoms with Crippen LogP contribution in [0, 0.1) is 0 Å². The number of unbranched alkanes of at least 4 members (excludes halogenated alkanes) is 2. The van der Waals surface area contributed by atoms with Crippen LogP contribution in [0.15, 0.2) is 0 Å². The molecule has 0 aliphatic heterocycles. The molecule has 0 aliphatic carbocycles. The third kappa shape index (κ3) is 6.62. The fraction of sp³-hybridized carbons (Fsp3) is 1.00. The second-order valence-corrected chi connectivity index (χ2v) is 3.09. The van der Waals surface area contributed by atoms with Crippen LogP contribution in [0.3, 0.4) is 0 Å². The summed E-state index contributed by atoms with van der Waals surface area (Å²) < 4.78 is 5.47. The first kappa shape index (κ1) is 11.9. The summed E-state index contributed by atoms with van der Waals surface area (Å²) in [4.78, 5) is 0. The Kier molecular flexibility index (Phi) is 8.95. The molecular weight excluding hydrogens is 152 g/mol. The van der Waals surface area contributed by atoms with E-state index in [4.69, 9.17) is 9.84 Å². The van der Waals surface area contributed by atoms with Gasteiger partial charge < -0.3 is 9.84 Å². The highest BCUT2D eigenvalue weighted by molar-refractivity contribution is 4.57. The number of aliphatic hydroxyl groups excluding tert-OH is 1. The predicted molar refractivity (Wildman–Crippen MR) is 51.3 cm³/mol. The molecule has 0 radical (unpaired) electrons. The van der Waals surface area contributed by atoms with Crippen LogP contribution in [0.4, 0.5) is 0 Å². The van der Waals surface area contributed by atoms with Crippen molar-refractivity contribution in [1.82, 2.24) is 0 Å². The van der Waals surface area contributed by atoms with Gasteiger partial charge in [-0.15, -0.1) is 0 Å². The SMILES string of the molecule is CCCCCC(CCO)OCC. The van der Waals surface area contributed by atoms with Crippen molar-refractivity contribution in [3.8, 4) is 0 Å². The molecule has 0 spiro atoms. The van der Waals surface area contributed by atoms with Crippen molar-refractivity contribution >= 4 is 0 Å². The van der Waals surface area contributed by atoms with E-state index in [2.05, 4.69) is 6.92 Å². The quantitative estimate of drug-likeness (QED) is 0.572. The van der Waals surface area contributed by atoms with Crippen LogP contribution >= 0.6 is 0 Å². The van der Waals surface area contributed by atoms with Gasteiger partial charge in [0.1, 0.15) is 0 Å². The molecule has 1 N–H and O–H groups in total. The standard InChI is InChI=1S/C10H22O2/c1-3-5-6-7-10(8-9-11)12-4-2/h10-11H,3-9H2,1-2H3. The second kappa shape index (κ2) is 9.01. The highest BCUT2D eigenvalue weighted by atomic mass is 16.5. The van der Waals surface area contributed by atoms with Crippen molar-refractivity contribution in [3.05, 3.63) is 0 Å². The molecule has 2 heteroatoms. The molecule has 1 atom stereocenters. The zero-order valence-electron chi connectivity index (χ0n) is 8.38. The van der Waals surface area contributed by atoms with Gasteiger partial charge in [0, 0.05) is 13.2 Å². The van der Waals surface area contributed by atoms with Crippen molar-refractivity contribution < 1.29 is 9.84 Å². The van der Waals surface area contributed by atoms with Gasteiger partial charge in [-0.2, -0.15) is 0 Å². The van der Waals surface area contributed by atoms with Crippen LogP contribution in [-0.4, -0.2) is 24.4 Å². The molecule has 0 aromatic carbocycles. The zero-order valence-corrected chi connectivity index (χ0v) is 8.38. The summed E-state index contributed by atoms with van der Waals surface area (Å²) >= 11 is 0. The molecule has 0 aliphatic rings. The Morgan fingerprint density at radius 1 is 1.17 bits per heavy atom. The Balaban J connectivity index is 3.34. The molecule has 0 rings (SSSR count). The molecule has 0 bridgehead atoms. The summed E-state index contributed by atoms with van der Waals surface area (Å²) in [5, 5.41) is 8.74. The number of hydrogen-bond donors (Lipinski definition) is 1. The highest BCUT2D eigenvalue weighted by Gasteiger charge is 2.06. The molecule has 0 fully saturated rings. The van der Waals surface area contributed by atoms with Gasteiger partial charge in [-0.05, 0) is 19.8 Å². The van der Waals surface area contributed by atoms with E-state index in [9.17, 15) is 0 Å². The smallest absolute Gasteiger partial charge is 0.0596 e. The molecule has 1 unspecified atom stereocenters. The summed E-state index contributed by atoms with van der Waals surface area (Å²) in [5.41, 5.74) is 0. The van der Waals surface area contributed by atoms with Crippen molar-refractivity contribution in [2.75, 3.05) is 13.2 Å². The Hall–Kier alpha value is -0.0800. The van der Waals surface area contributed by atoms with E-state index >= 15 is 0 Å². The minimum atomic E-state index is 0.247. The van der Waals surface area contributed by atoms with Gasteiger partial charge in [-0.1, -0.05) is 26.2 Å². The van der Waals surface area contributed by atoms with Crippen molar-refractivity contribution in [1.29, 1.82) is 0 Å². The lowest BCUT2D eigenvalue weighted by Gasteiger charge is -2.15. The first-order valence-corrected chi connectivity index (χ1v) is 5.07. The van der Waals surface area contributed by atoms with E-state index in [0.29, 0.717) is 0 Å². The van der Waals surface area contributed by atoms with Crippen LogP contribution in [0.2, 0.25) is 0 Å². The van der Waals surface area contributed by atoms with Gasteiger partial charge in [0.25, 0.3) is 0 Å². The summed E-state index contributed by atoms with van der Waals surface area (Å²) in [7, 11) is 0. The normalized spacial score (nSPS) is 13.2. The maximum atomic E-state index is 8.74. The third-order valence-corrected chi connectivity index (χ3v) is 1.98. The molecule has 0 aromatic rings. The van der Waals surface area contributed by atoms with Crippen molar-refractivity contribution in [2.24, 2.45) is 0 Å². The number of ether oxygens (including phenoxy) is 1. The van der Waals surface area contributed by atoms with Crippen LogP contribution in [0.5, 0.6) is 0 Å². The van der Waals surface area contributed by atoms with Crippen LogP contribution < -0.4 is 0 Å². The third-order valence-electron chi connectivity index (χ3n) is 1.98. The lowest BCUT2D eigenvalue weighted by molar-refractivity contribution is 0.0368. The van der Waals surface area contributed by atoms with Gasteiger partial charge in [0.2, 0.25) is 0 Å². The molecule has 0 saturated heterocycles. The molecule has 0 saturated carbocycles. The molecule has 12 heavy (non-hydrogen) atoms. The Labute approximate surface area is 75.9 Å².